The molecule has 0 N–H and O–H groups in total. The van der Waals surface area contributed by atoms with E-state index >= 15 is 0 Å². The van der Waals surface area contributed by atoms with Crippen molar-refractivity contribution in [1.82, 2.24) is 0 Å². The van der Waals surface area contributed by atoms with Crippen LogP contribution in [0.25, 0.3) is 0 Å². The van der Waals surface area contributed by atoms with E-state index in [9.17, 15) is 4.79 Å². The average Bonchev–Trinajstić information content (AvgIpc) is 2.76. The Balaban J connectivity index is 1.96. The predicted molar refractivity (Wildman–Crippen MR) is 93.2 cm³/mol. The van der Waals surface area contributed by atoms with E-state index in [1.807, 2.05) is 13.1 Å². The van der Waals surface area contributed by atoms with Gasteiger partial charge in [-0.3, -0.25) is 4.79 Å². The molecule has 1 aliphatic rings. The van der Waals surface area contributed by atoms with Gasteiger partial charge in [0.2, 0.25) is 5.91 Å². The number of anilines is 1. The summed E-state index contributed by atoms with van der Waals surface area (Å²) in [6, 6.07) is 12.6. The van der Waals surface area contributed by atoms with Crippen LogP contribution < -0.4 is 4.90 Å². The molecule has 2 nitrogen and oxygen atoms in total. The molecule has 1 aliphatic heterocycles. The standard InChI is InChI=1S/C17H15Br2NO/c1-10-7-11(3-5-14(10)18)17(19)12-4-6-15-13(8-12)9-16(21)20(15)2/h3-8,17H,9H2,1-2H3. The SMILES string of the molecule is Cc1cc(C(Br)c2ccc3c(c2)CC(=O)N3C)ccc1Br. The largest absolute Gasteiger partial charge is 0.315 e. The molecule has 108 valence electrons. The van der Waals surface area contributed by atoms with Crippen molar-refractivity contribution < 1.29 is 4.79 Å². The summed E-state index contributed by atoms with van der Waals surface area (Å²) in [4.78, 5) is 13.6. The molecule has 0 fully saturated rings. The highest BCUT2D eigenvalue weighted by Crippen LogP contribution is 2.36. The van der Waals surface area contributed by atoms with Crippen LogP contribution in [-0.4, -0.2) is 13.0 Å². The second-order valence-corrected chi connectivity index (χ2v) is 7.16. The number of likely N-dealkylation sites (N-methyl/N-ethyl adjacent to an activating group) is 1. The van der Waals surface area contributed by atoms with Gasteiger partial charge < -0.3 is 4.90 Å². The molecule has 3 rings (SSSR count). The van der Waals surface area contributed by atoms with Crippen LogP contribution in [0.15, 0.2) is 40.9 Å². The number of hydrogen-bond donors (Lipinski definition) is 0. The third-order valence-corrected chi connectivity index (χ3v) is 5.90. The Morgan fingerprint density at radius 2 is 1.81 bits per heavy atom. The van der Waals surface area contributed by atoms with E-state index in [1.54, 1.807) is 4.90 Å². The van der Waals surface area contributed by atoms with Crippen molar-refractivity contribution >= 4 is 43.5 Å². The molecule has 0 saturated heterocycles. The van der Waals surface area contributed by atoms with E-state index in [2.05, 4.69) is 69.1 Å². The molecule has 2 aromatic carbocycles. The van der Waals surface area contributed by atoms with Gasteiger partial charge >= 0.3 is 0 Å². The third-order valence-electron chi connectivity index (χ3n) is 3.95. The number of amides is 1. The molecule has 1 atom stereocenters. The number of hydrogen-bond acceptors (Lipinski definition) is 1. The van der Waals surface area contributed by atoms with Gasteiger partial charge in [0.15, 0.2) is 0 Å². The van der Waals surface area contributed by atoms with Gasteiger partial charge in [-0.25, -0.2) is 0 Å². The number of halogens is 2. The monoisotopic (exact) mass is 407 g/mol. The van der Waals surface area contributed by atoms with Crippen LogP contribution in [0.1, 0.15) is 27.1 Å². The van der Waals surface area contributed by atoms with Gasteiger partial charge in [-0.05, 0) is 41.3 Å². The lowest BCUT2D eigenvalue weighted by molar-refractivity contribution is -0.117. The van der Waals surface area contributed by atoms with Gasteiger partial charge in [-0.15, -0.1) is 0 Å². The summed E-state index contributed by atoms with van der Waals surface area (Å²) in [5.41, 5.74) is 5.74. The number of carbonyl (C=O) groups excluding carboxylic acids is 1. The highest BCUT2D eigenvalue weighted by molar-refractivity contribution is 9.10. The van der Waals surface area contributed by atoms with Crippen molar-refractivity contribution in [2.24, 2.45) is 0 Å². The fourth-order valence-electron chi connectivity index (χ4n) is 2.67. The van der Waals surface area contributed by atoms with Crippen LogP contribution >= 0.6 is 31.9 Å². The van der Waals surface area contributed by atoms with Gasteiger partial charge in [0.25, 0.3) is 0 Å². The predicted octanol–water partition coefficient (Wildman–Crippen LogP) is 4.76. The van der Waals surface area contributed by atoms with Gasteiger partial charge in [0, 0.05) is 17.2 Å². The van der Waals surface area contributed by atoms with Crippen molar-refractivity contribution in [2.45, 2.75) is 18.2 Å². The Morgan fingerprint density at radius 1 is 1.14 bits per heavy atom. The Morgan fingerprint density at radius 3 is 2.52 bits per heavy atom. The van der Waals surface area contributed by atoms with E-state index < -0.39 is 0 Å². The van der Waals surface area contributed by atoms with Crippen molar-refractivity contribution in [3.63, 3.8) is 0 Å². The normalized spacial score (nSPS) is 15.2. The molecule has 0 saturated carbocycles. The van der Waals surface area contributed by atoms with E-state index in [1.165, 1.54) is 16.7 Å². The molecule has 0 spiro atoms. The Bertz CT molecular complexity index is 727. The lowest BCUT2D eigenvalue weighted by atomic mass is 10.0. The van der Waals surface area contributed by atoms with Crippen molar-refractivity contribution in [3.05, 3.63) is 63.1 Å². The fraction of sp³-hybridized carbons (Fsp3) is 0.235. The molecule has 1 amide bonds. The third kappa shape index (κ3) is 2.67. The summed E-state index contributed by atoms with van der Waals surface area (Å²) in [6.07, 6.45) is 0.499. The summed E-state index contributed by atoms with van der Waals surface area (Å²) < 4.78 is 1.12. The Kier molecular flexibility index (Phi) is 3.93. The quantitative estimate of drug-likeness (QED) is 0.656. The first-order valence-corrected chi connectivity index (χ1v) is 8.47. The van der Waals surface area contributed by atoms with Crippen LogP contribution in [0.4, 0.5) is 5.69 Å². The van der Waals surface area contributed by atoms with E-state index in [-0.39, 0.29) is 10.7 Å². The minimum Gasteiger partial charge on any atom is -0.315 e. The molecule has 0 aromatic heterocycles. The molecule has 4 heteroatoms. The maximum atomic E-state index is 11.8. The minimum absolute atomic E-state index is 0.135. The molecule has 1 unspecified atom stereocenters. The molecule has 21 heavy (non-hydrogen) atoms. The topological polar surface area (TPSA) is 20.3 Å². The van der Waals surface area contributed by atoms with Gasteiger partial charge in [-0.1, -0.05) is 56.1 Å². The van der Waals surface area contributed by atoms with E-state index in [4.69, 9.17) is 0 Å². The molecule has 2 aromatic rings. The number of fused-ring (bicyclic) bond motifs is 1. The highest BCUT2D eigenvalue weighted by Gasteiger charge is 2.25. The molecule has 0 aliphatic carbocycles. The molecular weight excluding hydrogens is 394 g/mol. The number of benzene rings is 2. The summed E-state index contributed by atoms with van der Waals surface area (Å²) in [5, 5.41) is 0. The minimum atomic E-state index is 0.135. The molecule has 0 radical (unpaired) electrons. The second kappa shape index (κ2) is 5.58. The summed E-state index contributed by atoms with van der Waals surface area (Å²) in [5.74, 6) is 0.160. The zero-order valence-electron chi connectivity index (χ0n) is 11.9. The van der Waals surface area contributed by atoms with Gasteiger partial charge in [0.05, 0.1) is 11.2 Å². The maximum absolute atomic E-state index is 11.8. The van der Waals surface area contributed by atoms with Crippen molar-refractivity contribution in [2.75, 3.05) is 11.9 Å². The first-order valence-electron chi connectivity index (χ1n) is 6.77. The highest BCUT2D eigenvalue weighted by atomic mass is 79.9. The summed E-state index contributed by atoms with van der Waals surface area (Å²) >= 11 is 7.31. The molecular formula is C17H15Br2NO. The lowest BCUT2D eigenvalue weighted by Gasteiger charge is -2.15. The zero-order chi connectivity index (χ0) is 15.1. The van der Waals surface area contributed by atoms with Crippen LogP contribution in [-0.2, 0) is 11.2 Å². The number of carbonyl (C=O) groups is 1. The number of rotatable bonds is 2. The zero-order valence-corrected chi connectivity index (χ0v) is 15.0. The Hall–Kier alpha value is -1.13. The van der Waals surface area contributed by atoms with Crippen molar-refractivity contribution in [3.8, 4) is 0 Å². The van der Waals surface area contributed by atoms with Crippen LogP contribution in [0.2, 0.25) is 0 Å². The number of nitrogens with zero attached hydrogens (tertiary/aromatic N) is 1. The van der Waals surface area contributed by atoms with Gasteiger partial charge in [0.1, 0.15) is 0 Å². The van der Waals surface area contributed by atoms with E-state index in [0.29, 0.717) is 6.42 Å². The van der Waals surface area contributed by atoms with Crippen LogP contribution in [0.3, 0.4) is 0 Å². The second-order valence-electron chi connectivity index (χ2n) is 5.39. The van der Waals surface area contributed by atoms with Gasteiger partial charge in [-0.2, -0.15) is 0 Å². The first kappa shape index (κ1) is 14.8. The summed E-state index contributed by atoms with van der Waals surface area (Å²) in [6.45, 7) is 2.09. The van der Waals surface area contributed by atoms with Crippen LogP contribution in [0, 0.1) is 6.92 Å². The number of aryl methyl sites for hydroxylation is 1. The van der Waals surface area contributed by atoms with Crippen molar-refractivity contribution in [1.29, 1.82) is 0 Å². The number of alkyl halides is 1. The average molecular weight is 409 g/mol. The maximum Gasteiger partial charge on any atom is 0.231 e. The smallest absolute Gasteiger partial charge is 0.231 e. The summed E-state index contributed by atoms with van der Waals surface area (Å²) in [7, 11) is 1.83. The molecule has 0 bridgehead atoms. The van der Waals surface area contributed by atoms with E-state index in [0.717, 1.165) is 15.7 Å². The molecule has 1 heterocycles. The Labute approximate surface area is 141 Å². The first-order chi connectivity index (χ1) is 9.97. The van der Waals surface area contributed by atoms with Crippen LogP contribution in [0.5, 0.6) is 0 Å². The lowest BCUT2D eigenvalue weighted by Crippen LogP contribution is -2.20. The fourth-order valence-corrected chi connectivity index (χ4v) is 3.48.